The number of rotatable bonds is 5. The van der Waals surface area contributed by atoms with Gasteiger partial charge in [-0.25, -0.2) is 9.97 Å². The Bertz CT molecular complexity index is 1090. The summed E-state index contributed by atoms with van der Waals surface area (Å²) >= 11 is 2.86. The summed E-state index contributed by atoms with van der Waals surface area (Å²) in [6.07, 6.45) is 1.72. The molecule has 1 aromatic carbocycles. The van der Waals surface area contributed by atoms with Crippen LogP contribution in [0.25, 0.3) is 16.3 Å². The molecular weight excluding hydrogens is 358 g/mol. The molecule has 1 N–H and O–H groups in total. The molecule has 4 aromatic rings. The van der Waals surface area contributed by atoms with Crippen molar-refractivity contribution in [3.05, 3.63) is 58.0 Å². The first-order chi connectivity index (χ1) is 12.2. The van der Waals surface area contributed by atoms with Crippen molar-refractivity contribution in [2.75, 3.05) is 7.11 Å². The molecule has 0 amide bonds. The van der Waals surface area contributed by atoms with Crippen LogP contribution in [0.4, 0.5) is 0 Å². The highest BCUT2D eigenvalue weighted by Gasteiger charge is 2.09. The van der Waals surface area contributed by atoms with Crippen LogP contribution in [-0.4, -0.2) is 31.7 Å². The maximum absolute atomic E-state index is 12.0. The normalized spacial score (nSPS) is 11.1. The maximum Gasteiger partial charge on any atom is 0.258 e. The summed E-state index contributed by atoms with van der Waals surface area (Å²) in [5.41, 5.74) is 1.54. The lowest BCUT2D eigenvalue weighted by molar-refractivity contribution is 0.415. The number of hydrogen-bond acceptors (Lipinski definition) is 7. The average molecular weight is 371 g/mol. The number of ether oxygens (including phenoxy) is 1. The molecule has 0 aliphatic rings. The molecule has 7 nitrogen and oxygen atoms in total. The number of nitrogens with zero attached hydrogens (tertiary/aromatic N) is 4. The second-order valence-corrected chi connectivity index (χ2v) is 6.94. The molecule has 0 fully saturated rings. The van der Waals surface area contributed by atoms with Gasteiger partial charge in [0.15, 0.2) is 10.8 Å². The fourth-order valence-electron chi connectivity index (χ4n) is 2.31. The van der Waals surface area contributed by atoms with E-state index in [9.17, 15) is 4.79 Å². The molecule has 0 unspecified atom stereocenters. The number of H-pyrrole nitrogens is 1. The van der Waals surface area contributed by atoms with Gasteiger partial charge in [0.05, 0.1) is 12.8 Å². The van der Waals surface area contributed by atoms with E-state index in [1.165, 1.54) is 27.5 Å². The van der Waals surface area contributed by atoms with Gasteiger partial charge in [-0.1, -0.05) is 23.9 Å². The van der Waals surface area contributed by atoms with Gasteiger partial charge in [0, 0.05) is 29.0 Å². The predicted molar refractivity (Wildman–Crippen MR) is 97.3 cm³/mol. The first-order valence-electron chi connectivity index (χ1n) is 7.38. The number of hydrogen-bond donors (Lipinski definition) is 1. The number of fused-ring (bicyclic) bond motifs is 1. The highest BCUT2D eigenvalue weighted by Crippen LogP contribution is 2.24. The minimum atomic E-state index is -0.0751. The third-order valence-electron chi connectivity index (χ3n) is 3.51. The first kappa shape index (κ1) is 15.9. The van der Waals surface area contributed by atoms with Gasteiger partial charge >= 0.3 is 0 Å². The van der Waals surface area contributed by atoms with E-state index in [0.717, 1.165) is 11.3 Å². The van der Waals surface area contributed by atoms with Gasteiger partial charge in [0.1, 0.15) is 5.75 Å². The topological polar surface area (TPSA) is 85.2 Å². The van der Waals surface area contributed by atoms with Gasteiger partial charge in [-0.05, 0) is 12.1 Å². The average Bonchev–Trinajstić information content (AvgIpc) is 3.29. The smallest absolute Gasteiger partial charge is 0.258 e. The number of aromatic nitrogens is 5. The minimum absolute atomic E-state index is 0.0751. The fourth-order valence-corrected chi connectivity index (χ4v) is 3.74. The molecule has 126 valence electrons. The molecule has 0 radical (unpaired) electrons. The summed E-state index contributed by atoms with van der Waals surface area (Å²) in [6, 6.07) is 9.15. The number of benzene rings is 1. The molecule has 0 bridgehead atoms. The van der Waals surface area contributed by atoms with E-state index < -0.39 is 0 Å². The Morgan fingerprint density at radius 1 is 1.32 bits per heavy atom. The standard InChI is InChI=1S/C16H13N5O2S2/c1-23-12-4-2-3-10(7-12)14-18-15(20-19-14)25-9-11-8-13(22)21-5-6-24-16(21)17-11/h2-8H,9H2,1H3,(H,18,19,20). The lowest BCUT2D eigenvalue weighted by atomic mass is 10.2. The van der Waals surface area contributed by atoms with Crippen LogP contribution in [0.1, 0.15) is 5.69 Å². The van der Waals surface area contributed by atoms with E-state index in [1.807, 2.05) is 29.6 Å². The van der Waals surface area contributed by atoms with Crippen LogP contribution in [-0.2, 0) is 5.75 Å². The summed E-state index contributed by atoms with van der Waals surface area (Å²) in [7, 11) is 1.63. The zero-order chi connectivity index (χ0) is 17.2. The SMILES string of the molecule is COc1cccc(-c2nc(SCc3cc(=O)n4ccsc4n3)n[nH]2)c1. The van der Waals surface area contributed by atoms with Crippen LogP contribution < -0.4 is 10.3 Å². The molecule has 0 aliphatic carbocycles. The fraction of sp³-hybridized carbons (Fsp3) is 0.125. The van der Waals surface area contributed by atoms with E-state index >= 15 is 0 Å². The molecule has 9 heteroatoms. The van der Waals surface area contributed by atoms with Crippen molar-refractivity contribution in [3.63, 3.8) is 0 Å². The third-order valence-corrected chi connectivity index (χ3v) is 5.15. The summed E-state index contributed by atoms with van der Waals surface area (Å²) < 4.78 is 6.76. The summed E-state index contributed by atoms with van der Waals surface area (Å²) in [4.78, 5) is 21.6. The Morgan fingerprint density at radius 3 is 3.12 bits per heavy atom. The number of methoxy groups -OCH3 is 1. The van der Waals surface area contributed by atoms with Crippen LogP contribution in [0.2, 0.25) is 0 Å². The molecule has 3 heterocycles. The van der Waals surface area contributed by atoms with Gasteiger partial charge in [0.25, 0.3) is 5.56 Å². The van der Waals surface area contributed by atoms with Crippen molar-refractivity contribution in [3.8, 4) is 17.1 Å². The van der Waals surface area contributed by atoms with Crippen molar-refractivity contribution in [1.29, 1.82) is 0 Å². The third kappa shape index (κ3) is 3.28. The van der Waals surface area contributed by atoms with Crippen LogP contribution in [0.5, 0.6) is 5.75 Å². The van der Waals surface area contributed by atoms with Crippen LogP contribution in [0.3, 0.4) is 0 Å². The second-order valence-electron chi connectivity index (χ2n) is 5.13. The number of thioether (sulfide) groups is 1. The van der Waals surface area contributed by atoms with Crippen molar-refractivity contribution in [2.45, 2.75) is 10.9 Å². The molecular formula is C16H13N5O2S2. The highest BCUT2D eigenvalue weighted by molar-refractivity contribution is 7.98. The van der Waals surface area contributed by atoms with Gasteiger partial charge in [-0.2, -0.15) is 0 Å². The number of thiazole rings is 1. The van der Waals surface area contributed by atoms with Gasteiger partial charge in [0.2, 0.25) is 5.16 Å². The Kier molecular flexibility index (Phi) is 4.24. The molecule has 0 saturated heterocycles. The van der Waals surface area contributed by atoms with Crippen molar-refractivity contribution < 1.29 is 4.74 Å². The molecule has 0 saturated carbocycles. The zero-order valence-electron chi connectivity index (χ0n) is 13.2. The van der Waals surface area contributed by atoms with Crippen LogP contribution in [0, 0.1) is 0 Å². The van der Waals surface area contributed by atoms with E-state index in [-0.39, 0.29) is 5.56 Å². The lowest BCUT2D eigenvalue weighted by Gasteiger charge is -2.00. The zero-order valence-corrected chi connectivity index (χ0v) is 14.8. The molecule has 25 heavy (non-hydrogen) atoms. The minimum Gasteiger partial charge on any atom is -0.497 e. The van der Waals surface area contributed by atoms with E-state index in [0.29, 0.717) is 27.4 Å². The first-order valence-corrected chi connectivity index (χ1v) is 9.25. The van der Waals surface area contributed by atoms with Crippen molar-refractivity contribution in [1.82, 2.24) is 24.6 Å². The largest absolute Gasteiger partial charge is 0.497 e. The lowest BCUT2D eigenvalue weighted by Crippen LogP contribution is -2.12. The molecule has 0 spiro atoms. The Labute approximate surface area is 150 Å². The summed E-state index contributed by atoms with van der Waals surface area (Å²) in [5, 5.41) is 9.59. The molecule has 4 rings (SSSR count). The molecule has 3 aromatic heterocycles. The second kappa shape index (κ2) is 6.69. The molecule has 0 atom stereocenters. The van der Waals surface area contributed by atoms with Gasteiger partial charge < -0.3 is 4.74 Å². The Morgan fingerprint density at radius 2 is 2.24 bits per heavy atom. The van der Waals surface area contributed by atoms with Gasteiger partial charge in [-0.15, -0.1) is 16.4 Å². The van der Waals surface area contributed by atoms with Crippen molar-refractivity contribution in [2.24, 2.45) is 0 Å². The van der Waals surface area contributed by atoms with E-state index in [4.69, 9.17) is 4.74 Å². The molecule has 0 aliphatic heterocycles. The summed E-state index contributed by atoms with van der Waals surface area (Å²) in [5.74, 6) is 1.96. The highest BCUT2D eigenvalue weighted by atomic mass is 32.2. The van der Waals surface area contributed by atoms with Crippen LogP contribution >= 0.6 is 23.1 Å². The Balaban J connectivity index is 1.51. The van der Waals surface area contributed by atoms with Gasteiger partial charge in [-0.3, -0.25) is 14.3 Å². The number of nitrogens with one attached hydrogen (secondary N) is 1. The Hall–Kier alpha value is -2.65. The van der Waals surface area contributed by atoms with Crippen molar-refractivity contribution >= 4 is 28.1 Å². The summed E-state index contributed by atoms with van der Waals surface area (Å²) in [6.45, 7) is 0. The maximum atomic E-state index is 12.0. The number of aromatic amines is 1. The van der Waals surface area contributed by atoms with E-state index in [1.54, 1.807) is 19.4 Å². The van der Waals surface area contributed by atoms with Crippen LogP contribution in [0.15, 0.2) is 51.9 Å². The van der Waals surface area contributed by atoms with E-state index in [2.05, 4.69) is 20.2 Å². The monoisotopic (exact) mass is 371 g/mol. The predicted octanol–water partition coefficient (Wildman–Crippen LogP) is 2.84. The quantitative estimate of drug-likeness (QED) is 0.543.